The molecule has 0 atom stereocenters. The fourth-order valence-corrected chi connectivity index (χ4v) is 2.83. The highest BCUT2D eigenvalue weighted by Gasteiger charge is 2.13. The topological polar surface area (TPSA) is 105 Å². The quantitative estimate of drug-likeness (QED) is 0.212. The number of nitrogens with zero attached hydrogens (tertiary/aromatic N) is 1. The summed E-state index contributed by atoms with van der Waals surface area (Å²) in [6.45, 7) is -0.235. The summed E-state index contributed by atoms with van der Waals surface area (Å²) in [5.41, 5.74) is 3.37. The van der Waals surface area contributed by atoms with Gasteiger partial charge in [-0.1, -0.05) is 12.1 Å². The number of nitrogens with one attached hydrogen (secondary N) is 1. The summed E-state index contributed by atoms with van der Waals surface area (Å²) in [4.78, 5) is 24.4. The van der Waals surface area contributed by atoms with E-state index in [-0.39, 0.29) is 12.4 Å². The first-order chi connectivity index (χ1) is 16.5. The van der Waals surface area contributed by atoms with Gasteiger partial charge in [-0.15, -0.1) is 0 Å². The number of para-hydroxylation sites is 2. The minimum atomic E-state index is -0.537. The van der Waals surface area contributed by atoms with Gasteiger partial charge in [-0.2, -0.15) is 5.10 Å². The molecule has 0 bridgehead atoms. The lowest BCUT2D eigenvalue weighted by Crippen LogP contribution is -2.24. The Kier molecular flexibility index (Phi) is 8.45. The monoisotopic (exact) mass is 464 g/mol. The Morgan fingerprint density at radius 3 is 2.21 bits per heavy atom. The third-order valence-corrected chi connectivity index (χ3v) is 4.55. The highest BCUT2D eigenvalue weighted by Crippen LogP contribution is 2.29. The van der Waals surface area contributed by atoms with Crippen molar-refractivity contribution in [2.45, 2.75) is 0 Å². The maximum Gasteiger partial charge on any atom is 0.343 e. The molecule has 0 heterocycles. The Hall–Kier alpha value is -4.53. The molecule has 9 heteroatoms. The van der Waals surface area contributed by atoms with Crippen LogP contribution in [0.5, 0.6) is 28.7 Å². The van der Waals surface area contributed by atoms with Crippen molar-refractivity contribution >= 4 is 18.1 Å². The molecule has 0 aliphatic heterocycles. The van der Waals surface area contributed by atoms with Gasteiger partial charge in [-0.05, 0) is 60.2 Å². The first-order valence-corrected chi connectivity index (χ1v) is 10.2. The van der Waals surface area contributed by atoms with E-state index < -0.39 is 11.9 Å². The van der Waals surface area contributed by atoms with Gasteiger partial charge in [0.1, 0.15) is 5.75 Å². The Morgan fingerprint density at radius 1 is 0.824 bits per heavy atom. The fourth-order valence-electron chi connectivity index (χ4n) is 2.83. The average Bonchev–Trinajstić information content (AvgIpc) is 2.88. The Labute approximate surface area is 196 Å². The van der Waals surface area contributed by atoms with Crippen LogP contribution in [-0.2, 0) is 4.79 Å². The van der Waals surface area contributed by atoms with E-state index in [0.29, 0.717) is 34.1 Å². The molecule has 3 aromatic rings. The zero-order valence-corrected chi connectivity index (χ0v) is 18.9. The summed E-state index contributed by atoms with van der Waals surface area (Å²) < 4.78 is 26.5. The van der Waals surface area contributed by atoms with Crippen molar-refractivity contribution in [1.82, 2.24) is 5.43 Å². The SMILES string of the molecule is COc1ccc(C(=O)Oc2ccc(C=NNC(=O)COc3ccccc3OC)cc2OC)cc1. The van der Waals surface area contributed by atoms with Crippen LogP contribution in [0.3, 0.4) is 0 Å². The number of rotatable bonds is 10. The number of carbonyl (C=O) groups is 2. The van der Waals surface area contributed by atoms with Crippen LogP contribution in [0.15, 0.2) is 71.8 Å². The number of esters is 1. The number of hydrazone groups is 1. The van der Waals surface area contributed by atoms with Gasteiger partial charge in [-0.25, -0.2) is 10.2 Å². The minimum absolute atomic E-state index is 0.235. The van der Waals surface area contributed by atoms with E-state index in [4.69, 9.17) is 23.7 Å². The van der Waals surface area contributed by atoms with Gasteiger partial charge in [0.2, 0.25) is 0 Å². The van der Waals surface area contributed by atoms with E-state index in [1.165, 1.54) is 20.4 Å². The number of methoxy groups -OCH3 is 3. The summed E-state index contributed by atoms with van der Waals surface area (Å²) in [6.07, 6.45) is 1.43. The molecule has 176 valence electrons. The molecular formula is C25H24N2O7. The molecule has 1 amide bonds. The first kappa shape index (κ1) is 24.1. The van der Waals surface area contributed by atoms with Crippen LogP contribution in [0.4, 0.5) is 0 Å². The third kappa shape index (κ3) is 6.49. The summed E-state index contributed by atoms with van der Waals surface area (Å²) in [5, 5.41) is 3.92. The normalized spacial score (nSPS) is 10.4. The summed E-state index contributed by atoms with van der Waals surface area (Å²) in [5.74, 6) is 1.21. The molecule has 0 aliphatic carbocycles. The molecule has 3 rings (SSSR count). The predicted octanol–water partition coefficient (Wildman–Crippen LogP) is 3.46. The van der Waals surface area contributed by atoms with E-state index >= 15 is 0 Å². The van der Waals surface area contributed by atoms with Crippen molar-refractivity contribution in [1.29, 1.82) is 0 Å². The number of benzene rings is 3. The third-order valence-electron chi connectivity index (χ3n) is 4.55. The average molecular weight is 464 g/mol. The summed E-state index contributed by atoms with van der Waals surface area (Å²) in [7, 11) is 4.52. The van der Waals surface area contributed by atoms with Gasteiger partial charge < -0.3 is 23.7 Å². The molecule has 3 aromatic carbocycles. The molecule has 0 fully saturated rings. The number of ether oxygens (including phenoxy) is 5. The van der Waals surface area contributed by atoms with E-state index in [0.717, 1.165) is 0 Å². The number of hydrogen-bond donors (Lipinski definition) is 1. The van der Waals surface area contributed by atoms with Crippen molar-refractivity contribution in [3.05, 3.63) is 77.9 Å². The molecule has 9 nitrogen and oxygen atoms in total. The molecule has 1 N–H and O–H groups in total. The molecule has 0 spiro atoms. The van der Waals surface area contributed by atoms with Gasteiger partial charge >= 0.3 is 5.97 Å². The van der Waals surface area contributed by atoms with Crippen LogP contribution in [0, 0.1) is 0 Å². The van der Waals surface area contributed by atoms with Gasteiger partial charge in [-0.3, -0.25) is 4.79 Å². The Morgan fingerprint density at radius 2 is 1.53 bits per heavy atom. The van der Waals surface area contributed by atoms with Crippen LogP contribution < -0.4 is 29.1 Å². The lowest BCUT2D eigenvalue weighted by molar-refractivity contribution is -0.123. The second kappa shape index (κ2) is 11.9. The molecule has 0 saturated carbocycles. The number of amides is 1. The zero-order chi connectivity index (χ0) is 24.3. The van der Waals surface area contributed by atoms with E-state index in [1.54, 1.807) is 73.8 Å². The smallest absolute Gasteiger partial charge is 0.343 e. The highest BCUT2D eigenvalue weighted by atomic mass is 16.6. The molecule has 0 saturated heterocycles. The molecular weight excluding hydrogens is 440 g/mol. The largest absolute Gasteiger partial charge is 0.497 e. The van der Waals surface area contributed by atoms with Crippen molar-refractivity contribution in [3.8, 4) is 28.7 Å². The maximum atomic E-state index is 12.4. The fraction of sp³-hybridized carbons (Fsp3) is 0.160. The minimum Gasteiger partial charge on any atom is -0.497 e. The number of hydrogen-bond acceptors (Lipinski definition) is 8. The van der Waals surface area contributed by atoms with Gasteiger partial charge in [0.25, 0.3) is 5.91 Å². The van der Waals surface area contributed by atoms with Crippen LogP contribution in [-0.4, -0.2) is 46.0 Å². The van der Waals surface area contributed by atoms with Crippen molar-refractivity contribution in [2.24, 2.45) is 5.10 Å². The van der Waals surface area contributed by atoms with Crippen molar-refractivity contribution in [3.63, 3.8) is 0 Å². The summed E-state index contributed by atoms with van der Waals surface area (Å²) >= 11 is 0. The van der Waals surface area contributed by atoms with Crippen molar-refractivity contribution < 1.29 is 33.3 Å². The highest BCUT2D eigenvalue weighted by molar-refractivity contribution is 5.92. The van der Waals surface area contributed by atoms with E-state index in [9.17, 15) is 9.59 Å². The second-order valence-electron chi connectivity index (χ2n) is 6.76. The molecule has 0 aromatic heterocycles. The van der Waals surface area contributed by atoms with Gasteiger partial charge in [0.15, 0.2) is 29.6 Å². The van der Waals surface area contributed by atoms with Gasteiger partial charge in [0.05, 0.1) is 33.1 Å². The summed E-state index contributed by atoms with van der Waals surface area (Å²) in [6, 6.07) is 18.4. The molecule has 0 unspecified atom stereocenters. The van der Waals surface area contributed by atoms with Gasteiger partial charge in [0, 0.05) is 0 Å². The Bertz CT molecular complexity index is 1160. The molecule has 0 aliphatic rings. The maximum absolute atomic E-state index is 12.4. The zero-order valence-electron chi connectivity index (χ0n) is 18.9. The van der Waals surface area contributed by atoms with Crippen LogP contribution in [0.2, 0.25) is 0 Å². The van der Waals surface area contributed by atoms with Crippen LogP contribution >= 0.6 is 0 Å². The Balaban J connectivity index is 1.56. The predicted molar refractivity (Wildman–Crippen MR) is 125 cm³/mol. The lowest BCUT2D eigenvalue weighted by Gasteiger charge is -2.10. The molecule has 34 heavy (non-hydrogen) atoms. The van der Waals surface area contributed by atoms with Crippen LogP contribution in [0.25, 0.3) is 0 Å². The second-order valence-corrected chi connectivity index (χ2v) is 6.76. The number of carbonyl (C=O) groups excluding carboxylic acids is 2. The van der Waals surface area contributed by atoms with Crippen molar-refractivity contribution in [2.75, 3.05) is 27.9 Å². The van der Waals surface area contributed by atoms with Crippen LogP contribution in [0.1, 0.15) is 15.9 Å². The molecule has 0 radical (unpaired) electrons. The lowest BCUT2D eigenvalue weighted by atomic mass is 10.2. The van der Waals surface area contributed by atoms with E-state index in [2.05, 4.69) is 10.5 Å². The standard InChI is InChI=1S/C25H24N2O7/c1-30-19-11-9-18(10-12-19)25(29)34-22-13-8-17(14-23(22)32-3)15-26-27-24(28)16-33-21-7-5-4-6-20(21)31-2/h4-15H,16H2,1-3H3,(H,27,28). The first-order valence-electron chi connectivity index (χ1n) is 10.2. The van der Waals surface area contributed by atoms with E-state index in [1.807, 2.05) is 0 Å².